The van der Waals surface area contributed by atoms with Gasteiger partial charge in [0.1, 0.15) is 23.1 Å². The Labute approximate surface area is 195 Å². The van der Waals surface area contributed by atoms with E-state index >= 15 is 4.39 Å². The Morgan fingerprint density at radius 2 is 1.62 bits per heavy atom. The molecule has 1 saturated carbocycles. The van der Waals surface area contributed by atoms with Crippen LogP contribution in [0.5, 0.6) is 0 Å². The monoisotopic (exact) mass is 547 g/mol. The first-order valence-electron chi connectivity index (χ1n) is 9.35. The van der Waals surface area contributed by atoms with Crippen LogP contribution in [0.25, 0.3) is 0 Å². The minimum absolute atomic E-state index is 0.194. The summed E-state index contributed by atoms with van der Waals surface area (Å²) < 4.78 is 117. The molecule has 186 valence electrons. The smallest absolute Gasteiger partial charge is 0.480 e. The van der Waals surface area contributed by atoms with Crippen molar-refractivity contribution in [2.45, 2.75) is 40.1 Å². The number of alkyl halides is 3. The molecule has 0 aromatic heterocycles. The first-order chi connectivity index (χ1) is 15.6. The molecular weight excluding hydrogens is 533 g/mol. The van der Waals surface area contributed by atoms with E-state index in [0.29, 0.717) is 12.1 Å². The highest BCUT2D eigenvalue weighted by Gasteiger charge is 2.54. The highest BCUT2D eigenvalue weighted by molar-refractivity contribution is 7.91. The van der Waals surface area contributed by atoms with Gasteiger partial charge in [-0.3, -0.25) is 4.79 Å². The number of hydrogen-bond acceptors (Lipinski definition) is 5. The van der Waals surface area contributed by atoms with Crippen molar-refractivity contribution in [1.82, 2.24) is 4.31 Å². The molecule has 7 nitrogen and oxygen atoms in total. The molecule has 0 spiro atoms. The van der Waals surface area contributed by atoms with Gasteiger partial charge in [-0.15, -0.1) is 0 Å². The first-order valence-corrected chi connectivity index (χ1v) is 12.7. The molecule has 0 bridgehead atoms. The van der Waals surface area contributed by atoms with Crippen LogP contribution in [0, 0.1) is 11.6 Å². The fourth-order valence-electron chi connectivity index (χ4n) is 3.57. The second-order valence-electron chi connectivity index (χ2n) is 7.48. The van der Waals surface area contributed by atoms with Crippen LogP contribution >= 0.6 is 11.6 Å². The predicted octanol–water partition coefficient (Wildman–Crippen LogP) is 3.93. The molecular formula is C19H15ClF5NO6S2. The van der Waals surface area contributed by atoms with E-state index in [4.69, 9.17) is 16.7 Å². The van der Waals surface area contributed by atoms with Gasteiger partial charge in [0.25, 0.3) is 0 Å². The van der Waals surface area contributed by atoms with Gasteiger partial charge < -0.3 is 5.11 Å². The molecule has 1 aliphatic rings. The molecule has 2 aromatic carbocycles. The van der Waals surface area contributed by atoms with E-state index in [1.165, 1.54) is 12.1 Å². The Balaban J connectivity index is 1.94. The van der Waals surface area contributed by atoms with Gasteiger partial charge in [0.15, 0.2) is 0 Å². The maximum Gasteiger partial charge on any atom is 0.511 e. The van der Waals surface area contributed by atoms with Crippen LogP contribution in [0.3, 0.4) is 0 Å². The van der Waals surface area contributed by atoms with Gasteiger partial charge in [0, 0.05) is 11.1 Å². The summed E-state index contributed by atoms with van der Waals surface area (Å²) in [6.45, 7) is -1.49. The fourth-order valence-corrected chi connectivity index (χ4v) is 6.18. The summed E-state index contributed by atoms with van der Waals surface area (Å²) in [7, 11) is -10.6. The number of rotatable bonds is 7. The Morgan fingerprint density at radius 1 is 1.06 bits per heavy atom. The van der Waals surface area contributed by atoms with Crippen LogP contribution in [-0.4, -0.2) is 50.3 Å². The van der Waals surface area contributed by atoms with Crippen molar-refractivity contribution in [3.8, 4) is 0 Å². The molecule has 1 fully saturated rings. The van der Waals surface area contributed by atoms with Crippen LogP contribution < -0.4 is 0 Å². The lowest BCUT2D eigenvalue weighted by Gasteiger charge is -2.41. The van der Waals surface area contributed by atoms with Crippen LogP contribution in [0.15, 0.2) is 46.2 Å². The van der Waals surface area contributed by atoms with Crippen molar-refractivity contribution in [3.05, 3.63) is 58.6 Å². The molecule has 3 rings (SSSR count). The molecule has 0 unspecified atom stereocenters. The molecule has 0 aliphatic heterocycles. The highest BCUT2D eigenvalue weighted by Crippen LogP contribution is 2.45. The number of carboxylic acid groups (broad SMARTS) is 1. The van der Waals surface area contributed by atoms with E-state index in [9.17, 15) is 39.2 Å². The summed E-state index contributed by atoms with van der Waals surface area (Å²) in [5.41, 5.74) is -6.25. The van der Waals surface area contributed by atoms with Gasteiger partial charge in [0.05, 0.1) is 4.90 Å². The van der Waals surface area contributed by atoms with Crippen molar-refractivity contribution in [3.63, 3.8) is 0 Å². The number of hydrogen-bond donors (Lipinski definition) is 1. The summed E-state index contributed by atoms with van der Waals surface area (Å²) in [6.07, 6.45) is -0.965. The third-order valence-corrected chi connectivity index (χ3v) is 8.95. The van der Waals surface area contributed by atoms with Crippen molar-refractivity contribution in [1.29, 1.82) is 0 Å². The average Bonchev–Trinajstić information content (AvgIpc) is 2.67. The molecule has 0 radical (unpaired) electrons. The lowest BCUT2D eigenvalue weighted by atomic mass is 9.75. The predicted molar refractivity (Wildman–Crippen MR) is 108 cm³/mol. The third kappa shape index (κ3) is 4.90. The van der Waals surface area contributed by atoms with Crippen molar-refractivity contribution >= 4 is 37.4 Å². The Kier molecular flexibility index (Phi) is 7.01. The first kappa shape index (κ1) is 26.3. The summed E-state index contributed by atoms with van der Waals surface area (Å²) >= 11 is 5.71. The van der Waals surface area contributed by atoms with Gasteiger partial charge in [-0.2, -0.15) is 17.5 Å². The number of carboxylic acids is 1. The van der Waals surface area contributed by atoms with Gasteiger partial charge >= 0.3 is 21.5 Å². The number of sulfonamides is 1. The summed E-state index contributed by atoms with van der Waals surface area (Å²) in [6, 6.07) is 4.25. The van der Waals surface area contributed by atoms with E-state index < -0.39 is 84.8 Å². The van der Waals surface area contributed by atoms with Crippen LogP contribution in [-0.2, 0) is 24.7 Å². The molecule has 0 heterocycles. The number of aliphatic carboxylic acids is 1. The number of carbonyl (C=O) groups is 1. The Hall–Kier alpha value is -2.29. The Bertz CT molecular complexity index is 1320. The normalized spacial score (nSPS) is 19.1. The quantitative estimate of drug-likeness (QED) is 0.526. The topological polar surface area (TPSA) is 109 Å². The molecule has 34 heavy (non-hydrogen) atoms. The van der Waals surface area contributed by atoms with E-state index in [0.717, 1.165) is 12.1 Å². The largest absolute Gasteiger partial charge is 0.511 e. The molecule has 0 amide bonds. The minimum Gasteiger partial charge on any atom is -0.480 e. The fraction of sp³-hybridized carbons (Fsp3) is 0.316. The number of halogens is 6. The van der Waals surface area contributed by atoms with Crippen LogP contribution in [0.2, 0.25) is 5.02 Å². The molecule has 1 aliphatic carbocycles. The average molecular weight is 548 g/mol. The minimum atomic E-state index is -6.01. The summed E-state index contributed by atoms with van der Waals surface area (Å²) in [5, 5.41) is 9.03. The van der Waals surface area contributed by atoms with E-state index in [2.05, 4.69) is 0 Å². The van der Waals surface area contributed by atoms with Gasteiger partial charge in [-0.25, -0.2) is 25.6 Å². The lowest BCUT2D eigenvalue weighted by molar-refractivity contribution is -0.138. The molecule has 15 heteroatoms. The third-order valence-electron chi connectivity index (χ3n) is 5.30. The number of benzene rings is 2. The van der Waals surface area contributed by atoms with Crippen LogP contribution in [0.1, 0.15) is 24.3 Å². The van der Waals surface area contributed by atoms with Crippen molar-refractivity contribution in [2.75, 3.05) is 6.54 Å². The maximum atomic E-state index is 15.2. The van der Waals surface area contributed by atoms with Crippen LogP contribution in [0.4, 0.5) is 22.0 Å². The molecule has 2 aromatic rings. The zero-order chi connectivity index (χ0) is 25.6. The van der Waals surface area contributed by atoms with Crippen molar-refractivity contribution < 1.29 is 48.7 Å². The maximum absolute atomic E-state index is 15.2. The second-order valence-corrected chi connectivity index (χ2v) is 11.7. The summed E-state index contributed by atoms with van der Waals surface area (Å²) in [4.78, 5) is 9.53. The van der Waals surface area contributed by atoms with E-state index in [-0.39, 0.29) is 14.2 Å². The number of sulfone groups is 1. The standard InChI is InChI=1S/C19H15ClF5NO6S2/c20-11-1-3-14(4-2-11)33(29,30)16-8-12(21)7-15(18(16)22)10-5-13(6-10)26(9-17(27)28)34(31,32)19(23,24)25/h1-4,7-8,10,13H,5-6,9H2,(H,27,28). The van der Waals surface area contributed by atoms with Gasteiger partial charge in [-0.1, -0.05) is 11.6 Å². The van der Waals surface area contributed by atoms with Crippen molar-refractivity contribution in [2.24, 2.45) is 0 Å². The molecule has 0 saturated heterocycles. The van der Waals surface area contributed by atoms with Gasteiger partial charge in [-0.05, 0) is 60.7 Å². The molecule has 1 N–H and O–H groups in total. The highest BCUT2D eigenvalue weighted by atomic mass is 35.5. The molecule has 0 atom stereocenters. The second kappa shape index (κ2) is 9.06. The van der Waals surface area contributed by atoms with Gasteiger partial charge in [0.2, 0.25) is 9.84 Å². The lowest BCUT2D eigenvalue weighted by Crippen LogP contribution is -2.53. The van der Waals surface area contributed by atoms with E-state index in [1.54, 1.807) is 0 Å². The zero-order valence-corrected chi connectivity index (χ0v) is 19.1. The SMILES string of the molecule is O=C(O)CN(C1CC(c2cc(F)cc(S(=O)(=O)c3ccc(Cl)cc3)c2F)C1)S(=O)(=O)C(F)(F)F. The Morgan fingerprint density at radius 3 is 2.12 bits per heavy atom. The number of nitrogens with zero attached hydrogens (tertiary/aromatic N) is 1. The van der Waals surface area contributed by atoms with E-state index in [1.807, 2.05) is 0 Å². The zero-order valence-electron chi connectivity index (χ0n) is 16.8. The summed E-state index contributed by atoms with van der Waals surface area (Å²) in [5.74, 6) is -5.38.